The highest BCUT2D eigenvalue weighted by Crippen LogP contribution is 2.10. The zero-order valence-electron chi connectivity index (χ0n) is 14.6. The summed E-state index contributed by atoms with van der Waals surface area (Å²) in [7, 11) is 0. The van der Waals surface area contributed by atoms with Crippen molar-refractivity contribution >= 4 is 0 Å². The van der Waals surface area contributed by atoms with Gasteiger partial charge in [0.1, 0.15) is 0 Å². The van der Waals surface area contributed by atoms with Gasteiger partial charge in [-0.05, 0) is 6.42 Å². The monoisotopic (exact) mass is 311 g/mol. The molecule has 0 fully saturated rings. The Kier molecular flexibility index (Phi) is 8.39. The van der Waals surface area contributed by atoms with Crippen molar-refractivity contribution in [1.82, 2.24) is 4.98 Å². The van der Waals surface area contributed by atoms with Crippen molar-refractivity contribution in [2.24, 2.45) is 0 Å². The Bertz CT molecular complexity index is 537. The van der Waals surface area contributed by atoms with Gasteiger partial charge in [-0.15, -0.1) is 0 Å². The van der Waals surface area contributed by atoms with Gasteiger partial charge in [-0.3, -0.25) is 4.98 Å². The van der Waals surface area contributed by atoms with Gasteiger partial charge in [-0.1, -0.05) is 82.2 Å². The van der Waals surface area contributed by atoms with Crippen LogP contribution >= 0.6 is 0 Å². The van der Waals surface area contributed by atoms with Gasteiger partial charge in [0.2, 0.25) is 0 Å². The van der Waals surface area contributed by atoms with Crippen LogP contribution in [0.4, 0.5) is 0 Å². The minimum absolute atomic E-state index is 0.940. The summed E-state index contributed by atoms with van der Waals surface area (Å²) in [5.74, 6) is 0. The maximum Gasteiger partial charge on any atom is 0.200 e. The Morgan fingerprint density at radius 3 is 2.30 bits per heavy atom. The van der Waals surface area contributed by atoms with E-state index in [4.69, 9.17) is 0 Å². The van der Waals surface area contributed by atoms with Gasteiger partial charge in [-0.2, -0.15) is 4.57 Å². The predicted molar refractivity (Wildman–Crippen MR) is 96.3 cm³/mol. The number of nitrogens with zero attached hydrogens (tertiary/aromatic N) is 2. The number of benzene rings is 1. The Balaban J connectivity index is 1.73. The van der Waals surface area contributed by atoms with Gasteiger partial charge >= 0.3 is 0 Å². The zero-order chi connectivity index (χ0) is 16.2. The molecular formula is C21H31N2+. The van der Waals surface area contributed by atoms with Crippen LogP contribution in [-0.2, 0) is 13.0 Å². The molecule has 0 bridgehead atoms. The van der Waals surface area contributed by atoms with Crippen LogP contribution in [0.5, 0.6) is 0 Å². The molecule has 2 heteroatoms. The van der Waals surface area contributed by atoms with Crippen LogP contribution in [0.25, 0.3) is 0 Å². The fraction of sp³-hybridized carbons (Fsp3) is 0.524. The molecule has 0 amide bonds. The number of unbranched alkanes of at least 4 members (excludes halogenated alkanes) is 7. The molecule has 0 radical (unpaired) electrons. The average molecular weight is 311 g/mol. The van der Waals surface area contributed by atoms with Crippen molar-refractivity contribution < 1.29 is 4.57 Å². The van der Waals surface area contributed by atoms with Gasteiger partial charge < -0.3 is 0 Å². The fourth-order valence-corrected chi connectivity index (χ4v) is 3.00. The molecule has 0 aliphatic carbocycles. The first-order valence-corrected chi connectivity index (χ1v) is 9.26. The van der Waals surface area contributed by atoms with E-state index in [-0.39, 0.29) is 0 Å². The van der Waals surface area contributed by atoms with E-state index in [0.717, 1.165) is 13.0 Å². The van der Waals surface area contributed by atoms with Crippen LogP contribution in [0.1, 0.15) is 69.5 Å². The molecule has 2 rings (SSSR count). The quantitative estimate of drug-likeness (QED) is 0.417. The Hall–Kier alpha value is -1.70. The van der Waals surface area contributed by atoms with Gasteiger partial charge in [0.05, 0.1) is 12.4 Å². The molecular weight excluding hydrogens is 280 g/mol. The molecule has 0 saturated carbocycles. The Morgan fingerprint density at radius 2 is 1.57 bits per heavy atom. The SMILES string of the molecule is CCCCCCCCCCc1cncc[n+]1Cc1ccccc1. The minimum Gasteiger partial charge on any atom is -0.252 e. The van der Waals surface area contributed by atoms with Crippen molar-refractivity contribution in [2.45, 2.75) is 71.3 Å². The van der Waals surface area contributed by atoms with Crippen molar-refractivity contribution in [2.75, 3.05) is 0 Å². The molecule has 0 aliphatic rings. The third-order valence-electron chi connectivity index (χ3n) is 4.41. The van der Waals surface area contributed by atoms with Crippen LogP contribution in [0.2, 0.25) is 0 Å². The van der Waals surface area contributed by atoms with Gasteiger partial charge in [0, 0.05) is 12.0 Å². The molecule has 2 aromatic rings. The molecule has 0 aliphatic heterocycles. The highest BCUT2D eigenvalue weighted by atomic mass is 15.0. The third kappa shape index (κ3) is 6.94. The first-order chi connectivity index (χ1) is 11.4. The summed E-state index contributed by atoms with van der Waals surface area (Å²) in [5, 5.41) is 0. The van der Waals surface area contributed by atoms with Crippen LogP contribution in [0.3, 0.4) is 0 Å². The van der Waals surface area contributed by atoms with E-state index >= 15 is 0 Å². The molecule has 0 spiro atoms. The van der Waals surface area contributed by atoms with E-state index in [1.54, 1.807) is 0 Å². The summed E-state index contributed by atoms with van der Waals surface area (Å²) in [5.41, 5.74) is 2.70. The summed E-state index contributed by atoms with van der Waals surface area (Å²) in [6.45, 7) is 3.22. The van der Waals surface area contributed by atoms with Crippen LogP contribution in [0.15, 0.2) is 48.9 Å². The van der Waals surface area contributed by atoms with Crippen molar-refractivity contribution in [3.63, 3.8) is 0 Å². The van der Waals surface area contributed by atoms with E-state index in [2.05, 4.69) is 53.0 Å². The van der Waals surface area contributed by atoms with Crippen molar-refractivity contribution in [3.8, 4) is 0 Å². The van der Waals surface area contributed by atoms with E-state index in [1.165, 1.54) is 62.6 Å². The predicted octanol–water partition coefficient (Wildman–Crippen LogP) is 5.10. The summed E-state index contributed by atoms with van der Waals surface area (Å²) in [6, 6.07) is 10.7. The molecule has 0 N–H and O–H groups in total. The summed E-state index contributed by atoms with van der Waals surface area (Å²) >= 11 is 0. The molecule has 1 heterocycles. The van der Waals surface area contributed by atoms with Crippen LogP contribution in [-0.4, -0.2) is 4.98 Å². The second-order valence-electron chi connectivity index (χ2n) is 6.41. The maximum atomic E-state index is 4.31. The van der Waals surface area contributed by atoms with E-state index < -0.39 is 0 Å². The standard InChI is InChI=1S/C21H31N2/c1-2-3-4-5-6-7-8-12-15-21-18-22-16-17-23(21)19-20-13-10-9-11-14-20/h9-11,13-14,16-18H,2-8,12,15,19H2,1H3/q+1. The second-order valence-corrected chi connectivity index (χ2v) is 6.41. The largest absolute Gasteiger partial charge is 0.252 e. The van der Waals surface area contributed by atoms with Crippen molar-refractivity contribution in [1.29, 1.82) is 0 Å². The fourth-order valence-electron chi connectivity index (χ4n) is 3.00. The highest BCUT2D eigenvalue weighted by molar-refractivity contribution is 5.13. The Morgan fingerprint density at radius 1 is 0.870 bits per heavy atom. The third-order valence-corrected chi connectivity index (χ3v) is 4.41. The molecule has 0 saturated heterocycles. The lowest BCUT2D eigenvalue weighted by Gasteiger charge is -2.04. The number of aromatic nitrogens is 2. The number of aryl methyl sites for hydroxylation is 1. The molecule has 2 nitrogen and oxygen atoms in total. The van der Waals surface area contributed by atoms with Gasteiger partial charge in [-0.25, -0.2) is 0 Å². The summed E-state index contributed by atoms with van der Waals surface area (Å²) in [6.07, 6.45) is 18.1. The molecule has 0 atom stereocenters. The number of rotatable bonds is 11. The van der Waals surface area contributed by atoms with Gasteiger partial charge in [0.25, 0.3) is 0 Å². The first kappa shape index (κ1) is 17.7. The normalized spacial score (nSPS) is 10.8. The lowest BCUT2D eigenvalue weighted by molar-refractivity contribution is -0.696. The van der Waals surface area contributed by atoms with Gasteiger partial charge in [0.15, 0.2) is 18.4 Å². The zero-order valence-corrected chi connectivity index (χ0v) is 14.6. The lowest BCUT2D eigenvalue weighted by Crippen LogP contribution is -2.38. The lowest BCUT2D eigenvalue weighted by atomic mass is 10.1. The second kappa shape index (κ2) is 10.9. The highest BCUT2D eigenvalue weighted by Gasteiger charge is 2.10. The molecule has 0 unspecified atom stereocenters. The maximum absolute atomic E-state index is 4.31. The van der Waals surface area contributed by atoms with E-state index in [1.807, 2.05) is 12.4 Å². The molecule has 124 valence electrons. The number of hydrogen-bond donors (Lipinski definition) is 0. The van der Waals surface area contributed by atoms with Crippen molar-refractivity contribution in [3.05, 3.63) is 60.2 Å². The van der Waals surface area contributed by atoms with E-state index in [9.17, 15) is 0 Å². The van der Waals surface area contributed by atoms with E-state index in [0.29, 0.717) is 0 Å². The first-order valence-electron chi connectivity index (χ1n) is 9.26. The molecule has 1 aromatic carbocycles. The number of hydrogen-bond acceptors (Lipinski definition) is 1. The smallest absolute Gasteiger partial charge is 0.200 e. The van der Waals surface area contributed by atoms with Crippen LogP contribution < -0.4 is 4.57 Å². The minimum atomic E-state index is 0.940. The average Bonchev–Trinajstić information content (AvgIpc) is 2.59. The topological polar surface area (TPSA) is 16.8 Å². The molecule has 23 heavy (non-hydrogen) atoms. The summed E-state index contributed by atoms with van der Waals surface area (Å²) in [4.78, 5) is 4.31. The summed E-state index contributed by atoms with van der Waals surface area (Å²) < 4.78 is 2.34. The Labute approximate surface area is 141 Å². The van der Waals surface area contributed by atoms with Crippen LogP contribution in [0, 0.1) is 0 Å². The molecule has 1 aromatic heterocycles.